The van der Waals surface area contributed by atoms with Gasteiger partial charge in [-0.3, -0.25) is 18.6 Å². The third kappa shape index (κ3) is 68.7. The van der Waals surface area contributed by atoms with Gasteiger partial charge in [0, 0.05) is 12.8 Å². The number of carbonyl (C=O) groups is 2. The van der Waals surface area contributed by atoms with Gasteiger partial charge in [0.05, 0.1) is 33.8 Å². The molecule has 0 aromatic rings. The Balaban J connectivity index is 4.97. The fourth-order valence-electron chi connectivity index (χ4n) is 11.9. The number of nitrogens with zero attached hydrogens (tertiary/aromatic N) is 1. The molecule has 0 fully saturated rings. The highest BCUT2D eigenvalue weighted by atomic mass is 31.2. The van der Waals surface area contributed by atoms with Gasteiger partial charge in [-0.25, -0.2) is 4.57 Å². The molecule has 0 bridgehead atoms. The lowest BCUT2D eigenvalue weighted by molar-refractivity contribution is -0.870. The number of hydrogen-bond donors (Lipinski definition) is 2. The maximum atomic E-state index is 13.7. The lowest BCUT2D eigenvalue weighted by atomic mass is 10.0. The molecule has 0 aliphatic heterocycles. The van der Waals surface area contributed by atoms with E-state index < -0.39 is 20.0 Å². The number of amides is 1. The summed E-state index contributed by atoms with van der Waals surface area (Å²) in [5.41, 5.74) is 0. The molecule has 9 nitrogen and oxygen atoms in total. The molecular weight excluding hydrogens is 1100 g/mol. The minimum absolute atomic E-state index is 0.0448. The lowest BCUT2D eigenvalue weighted by Crippen LogP contribution is -2.47. The molecular formula is C77H152N2O7P+. The van der Waals surface area contributed by atoms with Crippen molar-refractivity contribution in [3.63, 3.8) is 0 Å². The number of carbonyl (C=O) groups excluding carboxylic acids is 2. The van der Waals surface area contributed by atoms with E-state index in [4.69, 9.17) is 13.8 Å². The third-order valence-electron chi connectivity index (χ3n) is 17.9. The minimum atomic E-state index is -4.45. The third-order valence-corrected chi connectivity index (χ3v) is 18.9. The molecule has 516 valence electrons. The van der Waals surface area contributed by atoms with Crippen LogP contribution < -0.4 is 5.32 Å². The monoisotopic (exact) mass is 1250 g/mol. The first-order valence-electron chi connectivity index (χ1n) is 38.7. The van der Waals surface area contributed by atoms with Gasteiger partial charge in [-0.05, 0) is 57.4 Å². The summed E-state index contributed by atoms with van der Waals surface area (Å²) in [6, 6.07) is -0.844. The molecule has 10 heteroatoms. The van der Waals surface area contributed by atoms with Crippen molar-refractivity contribution < 1.29 is 37.3 Å². The van der Waals surface area contributed by atoms with Gasteiger partial charge in [0.15, 0.2) is 0 Å². The Morgan fingerprint density at radius 3 is 0.977 bits per heavy atom. The van der Waals surface area contributed by atoms with Gasteiger partial charge in [0.2, 0.25) is 5.91 Å². The van der Waals surface area contributed by atoms with Crippen LogP contribution in [-0.4, -0.2) is 74.3 Å². The number of allylic oxidation sites excluding steroid dienone is 3. The summed E-state index contributed by atoms with van der Waals surface area (Å²) in [6.45, 7) is 7.10. The molecule has 0 saturated heterocycles. The zero-order valence-corrected chi connectivity index (χ0v) is 60.2. The largest absolute Gasteiger partial charge is 0.472 e. The molecule has 2 N–H and O–H groups in total. The number of phosphoric acid groups is 1. The summed E-state index contributed by atoms with van der Waals surface area (Å²) in [4.78, 5) is 38.0. The van der Waals surface area contributed by atoms with Gasteiger partial charge in [-0.2, -0.15) is 0 Å². The summed E-state index contributed by atoms with van der Waals surface area (Å²) < 4.78 is 30.9. The average Bonchev–Trinajstić information content (AvgIpc) is 3.70. The van der Waals surface area contributed by atoms with E-state index in [1.54, 1.807) is 0 Å². The number of likely N-dealkylation sites (N-methyl/N-ethyl adjacent to an activating group) is 1. The zero-order chi connectivity index (χ0) is 63.5. The normalized spacial score (nSPS) is 13.5. The fraction of sp³-hybridized carbons (Fsp3) is 0.922. The Hall–Kier alpha value is -1.51. The number of quaternary nitrogens is 1. The summed E-state index contributed by atoms with van der Waals surface area (Å²) in [7, 11) is 1.52. The fourth-order valence-corrected chi connectivity index (χ4v) is 12.7. The quantitative estimate of drug-likeness (QED) is 0.0205. The molecule has 1 amide bonds. The molecule has 0 aliphatic carbocycles. The van der Waals surface area contributed by atoms with Crippen LogP contribution in [0.5, 0.6) is 0 Å². The van der Waals surface area contributed by atoms with Crippen molar-refractivity contribution in [3.8, 4) is 0 Å². The Bertz CT molecular complexity index is 1530. The molecule has 3 atom stereocenters. The summed E-state index contributed by atoms with van der Waals surface area (Å²) in [5.74, 6) is -0.478. The second-order valence-electron chi connectivity index (χ2n) is 27.9. The molecule has 0 heterocycles. The van der Waals surface area contributed by atoms with E-state index in [1.165, 1.54) is 315 Å². The van der Waals surface area contributed by atoms with Crippen LogP contribution in [0, 0.1) is 0 Å². The van der Waals surface area contributed by atoms with Crippen molar-refractivity contribution in [1.29, 1.82) is 0 Å². The highest BCUT2D eigenvalue weighted by molar-refractivity contribution is 7.47. The maximum absolute atomic E-state index is 13.7. The molecule has 0 radical (unpaired) electrons. The second-order valence-corrected chi connectivity index (χ2v) is 29.3. The van der Waals surface area contributed by atoms with Crippen LogP contribution in [0.4, 0.5) is 0 Å². The van der Waals surface area contributed by atoms with Crippen molar-refractivity contribution >= 4 is 19.7 Å². The number of hydrogen-bond acceptors (Lipinski definition) is 6. The highest BCUT2D eigenvalue weighted by Gasteiger charge is 2.30. The van der Waals surface area contributed by atoms with Gasteiger partial charge in [-0.1, -0.05) is 360 Å². The van der Waals surface area contributed by atoms with Crippen molar-refractivity contribution in [2.75, 3.05) is 40.9 Å². The molecule has 0 rings (SSSR count). The van der Waals surface area contributed by atoms with Crippen LogP contribution in [0.25, 0.3) is 0 Å². The molecule has 0 saturated carbocycles. The van der Waals surface area contributed by atoms with E-state index in [-0.39, 0.29) is 25.1 Å². The molecule has 0 aliphatic rings. The smallest absolute Gasteiger partial charge is 0.456 e. The van der Waals surface area contributed by atoms with Gasteiger partial charge in [0.25, 0.3) is 0 Å². The van der Waals surface area contributed by atoms with Crippen molar-refractivity contribution in [2.45, 2.75) is 418 Å². The molecule has 87 heavy (non-hydrogen) atoms. The van der Waals surface area contributed by atoms with Gasteiger partial charge in [-0.15, -0.1) is 0 Å². The lowest BCUT2D eigenvalue weighted by Gasteiger charge is -2.27. The number of phosphoric ester groups is 1. The predicted molar refractivity (Wildman–Crippen MR) is 379 cm³/mol. The SMILES string of the molecule is CCCCCCCC/C=C/CCCCCCCCCCCCCCCC(=O)OC(/C=C/CCCCCCCCCCCCC)C(COP(=O)(O)OCC[N+](C)(C)C)NC(=O)CCCCCCCCCCCCCCCCCCCCCCCCCCC. The molecule has 0 aromatic carbocycles. The van der Waals surface area contributed by atoms with Crippen LogP contribution in [0.3, 0.4) is 0 Å². The van der Waals surface area contributed by atoms with Crippen LogP contribution >= 0.6 is 7.82 Å². The molecule has 0 aromatic heterocycles. The minimum Gasteiger partial charge on any atom is -0.456 e. The van der Waals surface area contributed by atoms with Crippen LogP contribution in [0.1, 0.15) is 406 Å². The summed E-state index contributed by atoms with van der Waals surface area (Å²) in [5, 5.41) is 3.09. The van der Waals surface area contributed by atoms with Crippen LogP contribution in [0.15, 0.2) is 24.3 Å². The van der Waals surface area contributed by atoms with E-state index in [9.17, 15) is 19.0 Å². The standard InChI is InChI=1S/C77H151N2O7P/c1-7-10-13-16-19-22-25-28-30-32-34-36-38-39-41-42-44-46-48-51-54-57-60-63-66-69-76(80)78-74(73-85-87(82,83)84-72-71-79(4,5)6)75(68-65-62-59-56-53-50-27-24-21-18-15-12-9-3)86-77(81)70-67-64-61-58-55-52-49-47-45-43-40-37-35-33-31-29-26-23-20-17-14-11-8-2/h29,31,65,68,74-75H,7-28,30,32-64,66-67,69-73H2,1-6H3,(H-,78,80,82,83)/p+1/b31-29+,68-65+. The van der Waals surface area contributed by atoms with Crippen LogP contribution in [-0.2, 0) is 27.9 Å². The highest BCUT2D eigenvalue weighted by Crippen LogP contribution is 2.43. The van der Waals surface area contributed by atoms with E-state index in [1.807, 2.05) is 27.2 Å². The second kappa shape index (κ2) is 67.4. The first-order chi connectivity index (χ1) is 42.4. The Morgan fingerprint density at radius 1 is 0.391 bits per heavy atom. The van der Waals surface area contributed by atoms with E-state index in [0.29, 0.717) is 23.9 Å². The Labute approximate surface area is 543 Å². The van der Waals surface area contributed by atoms with E-state index >= 15 is 0 Å². The van der Waals surface area contributed by atoms with Crippen LogP contribution in [0.2, 0.25) is 0 Å². The Morgan fingerprint density at radius 2 is 0.667 bits per heavy atom. The van der Waals surface area contributed by atoms with Crippen molar-refractivity contribution in [1.82, 2.24) is 5.32 Å². The Kier molecular flexibility index (Phi) is 66.2. The zero-order valence-electron chi connectivity index (χ0n) is 59.3. The van der Waals surface area contributed by atoms with Crippen molar-refractivity contribution in [2.24, 2.45) is 0 Å². The maximum Gasteiger partial charge on any atom is 0.472 e. The summed E-state index contributed by atoms with van der Waals surface area (Å²) >= 11 is 0. The van der Waals surface area contributed by atoms with Gasteiger partial charge >= 0.3 is 13.8 Å². The number of nitrogens with one attached hydrogen (secondary N) is 1. The van der Waals surface area contributed by atoms with E-state index in [2.05, 4.69) is 44.3 Å². The molecule has 3 unspecified atom stereocenters. The van der Waals surface area contributed by atoms with E-state index in [0.717, 1.165) is 57.8 Å². The number of esters is 1. The van der Waals surface area contributed by atoms with Gasteiger partial charge in [0.1, 0.15) is 19.3 Å². The number of rotatable bonds is 72. The predicted octanol–water partition coefficient (Wildman–Crippen LogP) is 24.8. The molecule has 0 spiro atoms. The van der Waals surface area contributed by atoms with Gasteiger partial charge < -0.3 is 19.4 Å². The van der Waals surface area contributed by atoms with Crippen molar-refractivity contribution in [3.05, 3.63) is 24.3 Å². The number of ether oxygens (including phenoxy) is 1. The average molecular weight is 1250 g/mol. The topological polar surface area (TPSA) is 111 Å². The first kappa shape index (κ1) is 85.5. The first-order valence-corrected chi connectivity index (χ1v) is 40.2. The number of unbranched alkanes of at least 4 members (excludes halogenated alkanes) is 54. The summed E-state index contributed by atoms with van der Waals surface area (Å²) in [6.07, 6.45) is 83.5.